The molecule has 216 valence electrons. The molecule has 0 spiro atoms. The summed E-state index contributed by atoms with van der Waals surface area (Å²) in [4.78, 5) is 13.7. The van der Waals surface area contributed by atoms with E-state index in [0.29, 0.717) is 11.3 Å². The van der Waals surface area contributed by atoms with Gasteiger partial charge >= 0.3 is 0 Å². The first-order valence-corrected chi connectivity index (χ1v) is 14.5. The highest BCUT2D eigenvalue weighted by Crippen LogP contribution is 2.44. The van der Waals surface area contributed by atoms with Gasteiger partial charge in [-0.1, -0.05) is 114 Å². The molecule has 1 atom stereocenters. The molecule has 0 bridgehead atoms. The van der Waals surface area contributed by atoms with E-state index in [1.54, 1.807) is 0 Å². The summed E-state index contributed by atoms with van der Waals surface area (Å²) in [6.45, 7) is 16.3. The Labute approximate surface area is 249 Å². The molecule has 0 saturated heterocycles. The fraction of sp³-hybridized carbons (Fsp3) is 0.289. The second-order valence-corrected chi connectivity index (χ2v) is 13.2. The van der Waals surface area contributed by atoms with Crippen molar-refractivity contribution < 1.29 is 19.4 Å². The maximum absolute atomic E-state index is 13.7. The van der Waals surface area contributed by atoms with Crippen LogP contribution in [0.5, 0.6) is 0 Å². The molecule has 0 saturated carbocycles. The normalized spacial score (nSPS) is 21.7. The van der Waals surface area contributed by atoms with Gasteiger partial charge in [-0.3, -0.25) is 4.79 Å². The quantitative estimate of drug-likeness (QED) is 0.353. The summed E-state index contributed by atoms with van der Waals surface area (Å²) in [5.41, 5.74) is 4.11. The third-order valence-electron chi connectivity index (χ3n) is 7.88. The van der Waals surface area contributed by atoms with Crippen molar-refractivity contribution in [3.63, 3.8) is 0 Å². The molecule has 2 heterocycles. The predicted octanol–water partition coefficient (Wildman–Crippen LogP) is 8.44. The highest BCUT2D eigenvalue weighted by Gasteiger charge is 2.35. The van der Waals surface area contributed by atoms with Gasteiger partial charge in [0.25, 0.3) is 0 Å². The molecule has 2 aromatic rings. The Kier molecular flexibility index (Phi) is 7.53. The topological polar surface area (TPSA) is 58.6 Å². The van der Waals surface area contributed by atoms with Gasteiger partial charge in [-0.15, -0.1) is 0 Å². The lowest BCUT2D eigenvalue weighted by molar-refractivity contribution is -0.300. The summed E-state index contributed by atoms with van der Waals surface area (Å²) >= 11 is 0. The lowest BCUT2D eigenvalue weighted by Gasteiger charge is -2.36. The van der Waals surface area contributed by atoms with E-state index in [0.717, 1.165) is 39.6 Å². The smallest absolute Gasteiger partial charge is 0.192 e. The number of ether oxygens (including phenoxy) is 2. The van der Waals surface area contributed by atoms with Crippen LogP contribution in [-0.4, -0.2) is 5.78 Å². The Morgan fingerprint density at radius 2 is 1.24 bits per heavy atom. The van der Waals surface area contributed by atoms with Gasteiger partial charge in [0.05, 0.1) is 0 Å². The van der Waals surface area contributed by atoms with Crippen LogP contribution in [0.4, 0.5) is 0 Å². The van der Waals surface area contributed by atoms with Crippen LogP contribution in [0.1, 0.15) is 66.5 Å². The van der Waals surface area contributed by atoms with E-state index in [2.05, 4.69) is 41.5 Å². The van der Waals surface area contributed by atoms with Gasteiger partial charge in [0.2, 0.25) is 0 Å². The maximum atomic E-state index is 13.7. The largest absolute Gasteiger partial charge is 0.871 e. The van der Waals surface area contributed by atoms with Gasteiger partial charge in [0.1, 0.15) is 23.0 Å². The van der Waals surface area contributed by atoms with Crippen LogP contribution in [0, 0.1) is 16.7 Å². The summed E-state index contributed by atoms with van der Waals surface area (Å²) in [5, 5.41) is 13.7. The van der Waals surface area contributed by atoms with Crippen molar-refractivity contribution in [2.75, 3.05) is 0 Å². The first kappa shape index (κ1) is 29.2. The zero-order valence-electron chi connectivity index (χ0n) is 25.8. The molecule has 3 aliphatic rings. The zero-order chi connectivity index (χ0) is 30.4. The van der Waals surface area contributed by atoms with Crippen molar-refractivity contribution in [1.82, 2.24) is 0 Å². The highest BCUT2D eigenvalue weighted by molar-refractivity contribution is 6.22. The van der Waals surface area contributed by atoms with Crippen molar-refractivity contribution in [1.29, 1.82) is 0 Å². The molecular weight excluding hydrogens is 520 g/mol. The maximum Gasteiger partial charge on any atom is 0.192 e. The van der Waals surface area contributed by atoms with Gasteiger partial charge in [0, 0.05) is 39.0 Å². The number of ketones is 1. The third kappa shape index (κ3) is 5.59. The van der Waals surface area contributed by atoms with E-state index in [1.807, 2.05) is 98.8 Å². The molecule has 2 aromatic carbocycles. The fourth-order valence-corrected chi connectivity index (χ4v) is 5.21. The first-order chi connectivity index (χ1) is 19.8. The molecular formula is C38H39O4-. The number of benzene rings is 2. The van der Waals surface area contributed by atoms with Crippen LogP contribution in [-0.2, 0) is 14.3 Å². The number of hydrogen-bond acceptors (Lipinski definition) is 4. The van der Waals surface area contributed by atoms with Crippen LogP contribution >= 0.6 is 0 Å². The second-order valence-electron chi connectivity index (χ2n) is 13.2. The lowest BCUT2D eigenvalue weighted by atomic mass is 9.76. The van der Waals surface area contributed by atoms with Gasteiger partial charge in [-0.25, -0.2) is 0 Å². The van der Waals surface area contributed by atoms with E-state index >= 15 is 0 Å². The minimum absolute atomic E-state index is 0.207. The molecule has 0 aromatic heterocycles. The van der Waals surface area contributed by atoms with E-state index in [1.165, 1.54) is 0 Å². The molecule has 5 rings (SSSR count). The molecule has 42 heavy (non-hydrogen) atoms. The van der Waals surface area contributed by atoms with Crippen LogP contribution in [0.2, 0.25) is 0 Å². The van der Waals surface area contributed by atoms with Gasteiger partial charge < -0.3 is 14.6 Å². The molecule has 0 fully saturated rings. The first-order valence-electron chi connectivity index (χ1n) is 14.5. The standard InChI is InChI=1S/C38H40O4/c1-23(27-19-29(25-15-11-9-12-16-25)41-31(21-27)37(3,4)5)33-35(39)34(36(33)40)24(2)28-20-30(26-17-13-10-14-18-26)42-32(22-28)38(6,7)8/h9-22,27,39H,1-8H3/p-1/b28-24-,33-23?. The van der Waals surface area contributed by atoms with Crippen molar-refractivity contribution in [3.8, 4) is 0 Å². The molecule has 0 amide bonds. The van der Waals surface area contributed by atoms with E-state index in [4.69, 9.17) is 9.47 Å². The summed E-state index contributed by atoms with van der Waals surface area (Å²) < 4.78 is 12.6. The van der Waals surface area contributed by atoms with Gasteiger partial charge in [0.15, 0.2) is 5.78 Å². The second kappa shape index (κ2) is 10.8. The molecule has 2 aliphatic heterocycles. The summed E-state index contributed by atoms with van der Waals surface area (Å²) in [5.74, 6) is 2.38. The third-order valence-corrected chi connectivity index (χ3v) is 7.88. The van der Waals surface area contributed by atoms with Crippen molar-refractivity contribution in [2.24, 2.45) is 16.7 Å². The Morgan fingerprint density at radius 3 is 1.76 bits per heavy atom. The van der Waals surface area contributed by atoms with E-state index in [9.17, 15) is 9.90 Å². The highest BCUT2D eigenvalue weighted by atomic mass is 16.5. The lowest BCUT2D eigenvalue weighted by Crippen LogP contribution is -2.33. The van der Waals surface area contributed by atoms with Crippen molar-refractivity contribution >= 4 is 17.3 Å². The van der Waals surface area contributed by atoms with Crippen molar-refractivity contribution in [3.05, 3.63) is 141 Å². The van der Waals surface area contributed by atoms with Crippen LogP contribution in [0.25, 0.3) is 11.5 Å². The number of allylic oxidation sites excluding steroid dienone is 11. The molecule has 0 N–H and O–H groups in total. The molecule has 1 aliphatic carbocycles. The Hall–Kier alpha value is -4.31. The Bertz CT molecular complexity index is 1640. The number of hydrogen-bond donors (Lipinski definition) is 0. The van der Waals surface area contributed by atoms with Gasteiger partial charge in [-0.2, -0.15) is 0 Å². The Morgan fingerprint density at radius 1 is 0.714 bits per heavy atom. The van der Waals surface area contributed by atoms with Crippen LogP contribution in [0.3, 0.4) is 0 Å². The number of carbonyl (C=O) groups is 1. The predicted molar refractivity (Wildman–Crippen MR) is 167 cm³/mol. The van der Waals surface area contributed by atoms with E-state index < -0.39 is 0 Å². The van der Waals surface area contributed by atoms with E-state index in [-0.39, 0.29) is 39.4 Å². The van der Waals surface area contributed by atoms with Crippen LogP contribution < -0.4 is 5.11 Å². The van der Waals surface area contributed by atoms with Crippen molar-refractivity contribution in [2.45, 2.75) is 55.4 Å². The van der Waals surface area contributed by atoms with Crippen LogP contribution in [0.15, 0.2) is 130 Å². The summed E-state index contributed by atoms with van der Waals surface area (Å²) in [6.07, 6.45) is 7.91. The molecule has 4 nitrogen and oxygen atoms in total. The van der Waals surface area contributed by atoms with Gasteiger partial charge in [-0.05, 0) is 49.3 Å². The summed E-state index contributed by atoms with van der Waals surface area (Å²) in [6, 6.07) is 19.8. The zero-order valence-corrected chi connectivity index (χ0v) is 25.8. The SMILES string of the molecule is CC(=C1C(=O)C(/C(C)=C2/C=C(c3ccccc3)OC(C(C)(C)C)=C2)=C1[O-])C1C=C(c2ccccc2)OC(C(C)(C)C)=C1. The average Bonchev–Trinajstić information content (AvgIpc) is 2.96. The monoisotopic (exact) mass is 559 g/mol. The number of Topliss-reactive ketones (excluding diaryl/α,β-unsaturated/α-hetero) is 1. The number of rotatable bonds is 4. The average molecular weight is 560 g/mol. The molecule has 4 heteroatoms. The summed E-state index contributed by atoms with van der Waals surface area (Å²) in [7, 11) is 0. The number of carbonyl (C=O) groups excluding carboxylic acids is 1. The minimum atomic E-state index is -0.261. The Balaban J connectivity index is 1.59. The minimum Gasteiger partial charge on any atom is -0.871 e. The fourth-order valence-electron chi connectivity index (χ4n) is 5.21. The molecule has 0 radical (unpaired) electrons. The molecule has 1 unspecified atom stereocenters.